The molecule has 0 bridgehead atoms. The van der Waals surface area contributed by atoms with Crippen LogP contribution >= 0.6 is 0 Å². The number of hydrogen-bond donors (Lipinski definition) is 1. The molecule has 3 heterocycles. The third-order valence-electron chi connectivity index (χ3n) is 4.33. The lowest BCUT2D eigenvalue weighted by Crippen LogP contribution is -2.25. The van der Waals surface area contributed by atoms with Gasteiger partial charge in [0.15, 0.2) is 11.5 Å². The van der Waals surface area contributed by atoms with Gasteiger partial charge in [-0.25, -0.2) is 14.6 Å². The molecule has 8 heteroatoms. The highest BCUT2D eigenvalue weighted by Crippen LogP contribution is 2.16. The number of amides is 1. The van der Waals surface area contributed by atoms with Crippen LogP contribution in [0.1, 0.15) is 27.6 Å². The average molecular weight is 385 g/mol. The molecule has 0 spiro atoms. The summed E-state index contributed by atoms with van der Waals surface area (Å²) < 4.78 is 1.69. The number of carbonyl (C=O) groups excluding carboxylic acids is 1. The SMILES string of the molecule is Cc1cc(C)n(-c2ccc(C(=O)NCc3cc(-c4ccccc4)ncn3)nn2)n1. The zero-order valence-corrected chi connectivity index (χ0v) is 16.1. The maximum absolute atomic E-state index is 12.4. The lowest BCUT2D eigenvalue weighted by Gasteiger charge is -2.07. The highest BCUT2D eigenvalue weighted by molar-refractivity contribution is 5.92. The fourth-order valence-corrected chi connectivity index (χ4v) is 2.94. The molecule has 0 atom stereocenters. The van der Waals surface area contributed by atoms with Crippen molar-refractivity contribution < 1.29 is 4.79 Å². The fourth-order valence-electron chi connectivity index (χ4n) is 2.94. The topological polar surface area (TPSA) is 98.5 Å². The zero-order valence-electron chi connectivity index (χ0n) is 16.1. The number of rotatable bonds is 5. The Balaban J connectivity index is 1.43. The van der Waals surface area contributed by atoms with Crippen LogP contribution in [0.15, 0.2) is 60.9 Å². The summed E-state index contributed by atoms with van der Waals surface area (Å²) in [6.45, 7) is 4.12. The zero-order chi connectivity index (χ0) is 20.2. The number of nitrogens with zero attached hydrogens (tertiary/aromatic N) is 6. The molecule has 1 aromatic carbocycles. The first kappa shape index (κ1) is 18.4. The number of aryl methyl sites for hydroxylation is 2. The molecule has 0 aliphatic rings. The van der Waals surface area contributed by atoms with Crippen LogP contribution in [0.2, 0.25) is 0 Å². The molecule has 0 unspecified atom stereocenters. The van der Waals surface area contributed by atoms with Gasteiger partial charge in [-0.1, -0.05) is 30.3 Å². The van der Waals surface area contributed by atoms with Gasteiger partial charge < -0.3 is 5.32 Å². The number of benzene rings is 1. The van der Waals surface area contributed by atoms with Gasteiger partial charge in [-0.05, 0) is 38.1 Å². The third-order valence-corrected chi connectivity index (χ3v) is 4.33. The molecule has 3 aromatic heterocycles. The summed E-state index contributed by atoms with van der Waals surface area (Å²) in [4.78, 5) is 20.9. The van der Waals surface area contributed by atoms with Crippen molar-refractivity contribution in [2.45, 2.75) is 20.4 Å². The second-order valence-electron chi connectivity index (χ2n) is 6.56. The summed E-state index contributed by atoms with van der Waals surface area (Å²) in [6.07, 6.45) is 1.49. The monoisotopic (exact) mass is 385 g/mol. The van der Waals surface area contributed by atoms with Crippen LogP contribution in [0.4, 0.5) is 0 Å². The van der Waals surface area contributed by atoms with Crippen molar-refractivity contribution in [3.8, 4) is 17.1 Å². The molecule has 29 heavy (non-hydrogen) atoms. The van der Waals surface area contributed by atoms with E-state index in [9.17, 15) is 4.79 Å². The summed E-state index contributed by atoms with van der Waals surface area (Å²) in [5.74, 6) is 0.243. The van der Waals surface area contributed by atoms with Crippen molar-refractivity contribution in [3.63, 3.8) is 0 Å². The van der Waals surface area contributed by atoms with Crippen LogP contribution < -0.4 is 5.32 Å². The Morgan fingerprint density at radius 1 is 1.00 bits per heavy atom. The predicted octanol–water partition coefficient (Wildman–Crippen LogP) is 2.67. The molecule has 8 nitrogen and oxygen atoms in total. The van der Waals surface area contributed by atoms with Crippen molar-refractivity contribution in [2.24, 2.45) is 0 Å². The molecular weight excluding hydrogens is 366 g/mol. The Bertz CT molecular complexity index is 1140. The first-order chi connectivity index (χ1) is 14.1. The number of aromatic nitrogens is 6. The van der Waals surface area contributed by atoms with Crippen LogP contribution in [-0.2, 0) is 6.54 Å². The van der Waals surface area contributed by atoms with E-state index in [2.05, 4.69) is 30.6 Å². The van der Waals surface area contributed by atoms with Gasteiger partial charge in [-0.3, -0.25) is 4.79 Å². The van der Waals surface area contributed by atoms with Crippen molar-refractivity contribution in [3.05, 3.63) is 83.7 Å². The molecule has 1 amide bonds. The first-order valence-corrected chi connectivity index (χ1v) is 9.12. The van der Waals surface area contributed by atoms with E-state index in [-0.39, 0.29) is 18.1 Å². The normalized spacial score (nSPS) is 10.7. The van der Waals surface area contributed by atoms with Crippen LogP contribution in [0, 0.1) is 13.8 Å². The van der Waals surface area contributed by atoms with Gasteiger partial charge in [-0.15, -0.1) is 10.2 Å². The first-order valence-electron chi connectivity index (χ1n) is 9.12. The number of carbonyl (C=O) groups is 1. The quantitative estimate of drug-likeness (QED) is 0.567. The smallest absolute Gasteiger partial charge is 0.272 e. The van der Waals surface area contributed by atoms with E-state index in [0.717, 1.165) is 22.6 Å². The predicted molar refractivity (Wildman–Crippen MR) is 107 cm³/mol. The molecule has 0 aliphatic carbocycles. The minimum absolute atomic E-state index is 0.229. The summed E-state index contributed by atoms with van der Waals surface area (Å²) in [5, 5.41) is 15.3. The molecule has 0 saturated heterocycles. The van der Waals surface area contributed by atoms with E-state index in [1.54, 1.807) is 16.8 Å². The van der Waals surface area contributed by atoms with Crippen LogP contribution in [-0.4, -0.2) is 35.9 Å². The van der Waals surface area contributed by atoms with Crippen LogP contribution in [0.25, 0.3) is 17.1 Å². The molecule has 0 aliphatic heterocycles. The lowest BCUT2D eigenvalue weighted by molar-refractivity contribution is 0.0944. The molecule has 0 saturated carbocycles. The summed E-state index contributed by atoms with van der Waals surface area (Å²) in [7, 11) is 0. The van der Waals surface area contributed by atoms with Gasteiger partial charge in [0, 0.05) is 11.3 Å². The lowest BCUT2D eigenvalue weighted by atomic mass is 10.1. The van der Waals surface area contributed by atoms with Gasteiger partial charge >= 0.3 is 0 Å². The Hall–Kier alpha value is -3.94. The molecule has 4 aromatic rings. The van der Waals surface area contributed by atoms with Gasteiger partial charge in [0.05, 0.1) is 23.6 Å². The Morgan fingerprint density at radius 2 is 1.83 bits per heavy atom. The second-order valence-corrected chi connectivity index (χ2v) is 6.56. The van der Waals surface area contributed by atoms with Crippen LogP contribution in [0.5, 0.6) is 0 Å². The average Bonchev–Trinajstić information content (AvgIpc) is 3.11. The Labute approximate surface area is 167 Å². The Kier molecular flexibility index (Phi) is 5.07. The molecular formula is C21H19N7O. The van der Waals surface area contributed by atoms with E-state index in [1.165, 1.54) is 6.33 Å². The van der Waals surface area contributed by atoms with Crippen molar-refractivity contribution >= 4 is 5.91 Å². The minimum Gasteiger partial charge on any atom is -0.345 e. The van der Waals surface area contributed by atoms with E-state index >= 15 is 0 Å². The molecule has 0 fully saturated rings. The third kappa shape index (κ3) is 4.16. The summed E-state index contributed by atoms with van der Waals surface area (Å²) in [6, 6.07) is 17.0. The number of hydrogen-bond acceptors (Lipinski definition) is 6. The second kappa shape index (κ2) is 7.97. The van der Waals surface area contributed by atoms with Gasteiger partial charge in [0.2, 0.25) is 0 Å². The largest absolute Gasteiger partial charge is 0.345 e. The molecule has 0 radical (unpaired) electrons. The Morgan fingerprint density at radius 3 is 2.52 bits per heavy atom. The highest BCUT2D eigenvalue weighted by Gasteiger charge is 2.11. The van der Waals surface area contributed by atoms with Crippen molar-refractivity contribution in [1.82, 2.24) is 35.3 Å². The van der Waals surface area contributed by atoms with Gasteiger partial charge in [0.1, 0.15) is 6.33 Å². The van der Waals surface area contributed by atoms with Crippen LogP contribution in [0.3, 0.4) is 0 Å². The van der Waals surface area contributed by atoms with Gasteiger partial charge in [0.25, 0.3) is 5.91 Å². The standard InChI is InChI=1S/C21H19N7O/c1-14-10-15(2)28(27-14)20-9-8-18(25-26-20)21(29)22-12-17-11-19(24-13-23-17)16-6-4-3-5-7-16/h3-11,13H,12H2,1-2H3,(H,22,29). The van der Waals surface area contributed by atoms with E-state index in [0.29, 0.717) is 11.5 Å². The number of nitrogens with one attached hydrogen (secondary N) is 1. The molecule has 4 rings (SSSR count). The highest BCUT2D eigenvalue weighted by atomic mass is 16.1. The molecule has 144 valence electrons. The molecule has 1 N–H and O–H groups in total. The minimum atomic E-state index is -0.322. The van der Waals surface area contributed by atoms with E-state index < -0.39 is 0 Å². The fraction of sp³-hybridized carbons (Fsp3) is 0.143. The summed E-state index contributed by atoms with van der Waals surface area (Å²) >= 11 is 0. The van der Waals surface area contributed by atoms with Crippen molar-refractivity contribution in [1.29, 1.82) is 0 Å². The maximum atomic E-state index is 12.4. The van der Waals surface area contributed by atoms with E-state index in [4.69, 9.17) is 0 Å². The van der Waals surface area contributed by atoms with Gasteiger partial charge in [-0.2, -0.15) is 5.10 Å². The van der Waals surface area contributed by atoms with Crippen molar-refractivity contribution in [2.75, 3.05) is 0 Å². The summed E-state index contributed by atoms with van der Waals surface area (Å²) in [5.41, 5.74) is 4.58. The maximum Gasteiger partial charge on any atom is 0.272 e. The van der Waals surface area contributed by atoms with E-state index in [1.807, 2.05) is 56.3 Å².